The SMILES string of the molecule is CC(Cc1ccccc1)NC1COCOC1c1ccccc1. The minimum absolute atomic E-state index is 0.0492. The number of nitrogens with one attached hydrogen (secondary N) is 1. The van der Waals surface area contributed by atoms with Gasteiger partial charge in [-0.05, 0) is 24.5 Å². The second-order valence-corrected chi connectivity index (χ2v) is 5.85. The van der Waals surface area contributed by atoms with Gasteiger partial charge >= 0.3 is 0 Å². The van der Waals surface area contributed by atoms with Gasteiger partial charge in [0, 0.05) is 6.04 Å². The standard InChI is InChI=1S/C19H23NO2/c1-15(12-16-8-4-2-5-9-16)20-18-13-21-14-22-19(18)17-10-6-3-7-11-17/h2-11,15,18-20H,12-14H2,1H3. The van der Waals surface area contributed by atoms with Crippen molar-refractivity contribution >= 4 is 0 Å². The summed E-state index contributed by atoms with van der Waals surface area (Å²) in [7, 11) is 0. The van der Waals surface area contributed by atoms with Crippen LogP contribution in [0.4, 0.5) is 0 Å². The van der Waals surface area contributed by atoms with E-state index in [0.29, 0.717) is 19.4 Å². The molecule has 22 heavy (non-hydrogen) atoms. The van der Waals surface area contributed by atoms with Gasteiger partial charge in [0.05, 0.1) is 12.6 Å². The molecule has 3 unspecified atom stereocenters. The Bertz CT molecular complexity index is 558. The Morgan fingerprint density at radius 1 is 1.05 bits per heavy atom. The van der Waals surface area contributed by atoms with E-state index in [-0.39, 0.29) is 12.1 Å². The number of hydrogen-bond acceptors (Lipinski definition) is 3. The van der Waals surface area contributed by atoms with Crippen LogP contribution in [0.15, 0.2) is 60.7 Å². The van der Waals surface area contributed by atoms with Crippen molar-refractivity contribution in [2.45, 2.75) is 31.5 Å². The summed E-state index contributed by atoms with van der Waals surface area (Å²) in [5.41, 5.74) is 2.55. The largest absolute Gasteiger partial charge is 0.354 e. The molecule has 1 heterocycles. The second-order valence-electron chi connectivity index (χ2n) is 5.85. The Labute approximate surface area is 132 Å². The predicted octanol–water partition coefficient (Wildman–Crippen LogP) is 3.32. The van der Waals surface area contributed by atoms with E-state index in [1.165, 1.54) is 11.1 Å². The monoisotopic (exact) mass is 297 g/mol. The zero-order valence-electron chi connectivity index (χ0n) is 12.9. The van der Waals surface area contributed by atoms with Gasteiger partial charge in [-0.2, -0.15) is 0 Å². The van der Waals surface area contributed by atoms with Gasteiger partial charge in [0.15, 0.2) is 0 Å². The van der Waals surface area contributed by atoms with Crippen LogP contribution in [-0.4, -0.2) is 25.5 Å². The van der Waals surface area contributed by atoms with Crippen molar-refractivity contribution in [3.05, 3.63) is 71.8 Å². The first-order valence-corrected chi connectivity index (χ1v) is 7.87. The number of rotatable bonds is 5. The number of hydrogen-bond donors (Lipinski definition) is 1. The van der Waals surface area contributed by atoms with Crippen LogP contribution in [0.2, 0.25) is 0 Å². The van der Waals surface area contributed by atoms with E-state index >= 15 is 0 Å². The van der Waals surface area contributed by atoms with Crippen molar-refractivity contribution in [3.63, 3.8) is 0 Å². The van der Waals surface area contributed by atoms with Gasteiger partial charge in [-0.15, -0.1) is 0 Å². The molecule has 0 aromatic heterocycles. The average Bonchev–Trinajstić information content (AvgIpc) is 2.57. The molecule has 0 bridgehead atoms. The lowest BCUT2D eigenvalue weighted by Gasteiger charge is -2.34. The lowest BCUT2D eigenvalue weighted by molar-refractivity contribution is -0.158. The van der Waals surface area contributed by atoms with Crippen LogP contribution >= 0.6 is 0 Å². The summed E-state index contributed by atoms with van der Waals surface area (Å²) in [5, 5.41) is 3.67. The summed E-state index contributed by atoms with van der Waals surface area (Å²) in [6, 6.07) is 21.5. The van der Waals surface area contributed by atoms with Gasteiger partial charge in [0.25, 0.3) is 0 Å². The molecule has 2 aromatic rings. The third-order valence-electron chi connectivity index (χ3n) is 4.01. The maximum Gasteiger partial charge on any atom is 0.147 e. The van der Waals surface area contributed by atoms with E-state index < -0.39 is 0 Å². The van der Waals surface area contributed by atoms with Gasteiger partial charge < -0.3 is 14.8 Å². The quantitative estimate of drug-likeness (QED) is 0.918. The zero-order chi connectivity index (χ0) is 15.2. The third kappa shape index (κ3) is 3.95. The summed E-state index contributed by atoms with van der Waals surface area (Å²) in [5.74, 6) is 0. The first-order valence-electron chi connectivity index (χ1n) is 7.87. The van der Waals surface area contributed by atoms with E-state index in [1.807, 2.05) is 6.07 Å². The Morgan fingerprint density at radius 2 is 1.73 bits per heavy atom. The Hall–Kier alpha value is -1.68. The highest BCUT2D eigenvalue weighted by molar-refractivity contribution is 5.20. The molecule has 1 saturated heterocycles. The number of benzene rings is 2. The Morgan fingerprint density at radius 3 is 2.45 bits per heavy atom. The van der Waals surface area contributed by atoms with Gasteiger partial charge in [-0.1, -0.05) is 60.7 Å². The summed E-state index contributed by atoms with van der Waals surface area (Å²) >= 11 is 0. The van der Waals surface area contributed by atoms with Crippen LogP contribution in [0, 0.1) is 0 Å². The van der Waals surface area contributed by atoms with E-state index in [4.69, 9.17) is 9.47 Å². The molecule has 1 N–H and O–H groups in total. The molecule has 1 aliphatic rings. The average molecular weight is 297 g/mol. The van der Waals surface area contributed by atoms with Gasteiger partial charge in [0.2, 0.25) is 0 Å². The molecule has 1 fully saturated rings. The fourth-order valence-electron chi connectivity index (χ4n) is 3.00. The molecular weight excluding hydrogens is 274 g/mol. The van der Waals surface area contributed by atoms with E-state index in [1.54, 1.807) is 0 Å². The summed E-state index contributed by atoms with van der Waals surface area (Å²) in [4.78, 5) is 0. The molecule has 2 aromatic carbocycles. The van der Waals surface area contributed by atoms with Gasteiger partial charge in [-0.3, -0.25) is 0 Å². The Balaban J connectivity index is 1.64. The molecule has 3 heteroatoms. The summed E-state index contributed by atoms with van der Waals surface area (Å²) < 4.78 is 11.3. The lowest BCUT2D eigenvalue weighted by Crippen LogP contribution is -2.47. The van der Waals surface area contributed by atoms with Crippen LogP contribution in [0.25, 0.3) is 0 Å². The smallest absolute Gasteiger partial charge is 0.147 e. The van der Waals surface area contributed by atoms with Crippen molar-refractivity contribution < 1.29 is 9.47 Å². The fraction of sp³-hybridized carbons (Fsp3) is 0.368. The van der Waals surface area contributed by atoms with Crippen LogP contribution in [0.5, 0.6) is 0 Å². The molecule has 0 aliphatic carbocycles. The van der Waals surface area contributed by atoms with E-state index in [2.05, 4.69) is 66.8 Å². The second kappa shape index (κ2) is 7.54. The topological polar surface area (TPSA) is 30.5 Å². The molecule has 0 spiro atoms. The molecule has 3 rings (SSSR count). The normalized spacial score (nSPS) is 23.1. The van der Waals surface area contributed by atoms with Crippen LogP contribution in [0.1, 0.15) is 24.2 Å². The van der Waals surface area contributed by atoms with Gasteiger partial charge in [0.1, 0.15) is 12.9 Å². The maximum atomic E-state index is 5.84. The van der Waals surface area contributed by atoms with E-state index in [9.17, 15) is 0 Å². The van der Waals surface area contributed by atoms with Crippen LogP contribution in [-0.2, 0) is 15.9 Å². The first-order chi connectivity index (χ1) is 10.8. The molecular formula is C19H23NO2. The minimum Gasteiger partial charge on any atom is -0.354 e. The predicted molar refractivity (Wildman–Crippen MR) is 87.6 cm³/mol. The van der Waals surface area contributed by atoms with Crippen molar-refractivity contribution in [2.24, 2.45) is 0 Å². The molecule has 0 saturated carbocycles. The zero-order valence-corrected chi connectivity index (χ0v) is 12.9. The first kappa shape index (κ1) is 15.2. The van der Waals surface area contributed by atoms with Crippen LogP contribution < -0.4 is 5.32 Å². The highest BCUT2D eigenvalue weighted by Crippen LogP contribution is 2.25. The van der Waals surface area contributed by atoms with Crippen molar-refractivity contribution in [1.82, 2.24) is 5.32 Å². The molecule has 0 amide bonds. The molecule has 3 atom stereocenters. The maximum absolute atomic E-state index is 5.84. The molecule has 1 aliphatic heterocycles. The van der Waals surface area contributed by atoms with Crippen molar-refractivity contribution in [1.29, 1.82) is 0 Å². The highest BCUT2D eigenvalue weighted by atomic mass is 16.7. The minimum atomic E-state index is 0.0492. The fourth-order valence-corrected chi connectivity index (χ4v) is 3.00. The van der Waals surface area contributed by atoms with Crippen LogP contribution in [0.3, 0.4) is 0 Å². The molecule has 0 radical (unpaired) electrons. The summed E-state index contributed by atoms with van der Waals surface area (Å²) in [6.45, 7) is 3.26. The molecule has 3 nitrogen and oxygen atoms in total. The third-order valence-corrected chi connectivity index (χ3v) is 4.01. The summed E-state index contributed by atoms with van der Waals surface area (Å²) in [6.07, 6.45) is 1.05. The molecule has 116 valence electrons. The van der Waals surface area contributed by atoms with Gasteiger partial charge in [-0.25, -0.2) is 0 Å². The number of ether oxygens (including phenoxy) is 2. The Kier molecular flexibility index (Phi) is 5.22. The van der Waals surface area contributed by atoms with Crippen molar-refractivity contribution in [2.75, 3.05) is 13.4 Å². The lowest BCUT2D eigenvalue weighted by atomic mass is 10.00. The van der Waals surface area contributed by atoms with E-state index in [0.717, 1.165) is 6.42 Å². The van der Waals surface area contributed by atoms with Crippen molar-refractivity contribution in [3.8, 4) is 0 Å². The highest BCUT2D eigenvalue weighted by Gasteiger charge is 2.28.